The van der Waals surface area contributed by atoms with Crippen LogP contribution in [0.15, 0.2) is 18.2 Å². The maximum Gasteiger partial charge on any atom is 0.326 e. The number of pyridine rings is 2. The van der Waals surface area contributed by atoms with Crippen molar-refractivity contribution in [3.05, 3.63) is 45.3 Å². The number of esters is 1. The number of ketones is 1. The van der Waals surface area contributed by atoms with Crippen molar-refractivity contribution in [2.24, 2.45) is 7.05 Å². The van der Waals surface area contributed by atoms with E-state index in [-0.39, 0.29) is 41.5 Å². The van der Waals surface area contributed by atoms with Gasteiger partial charge in [-0.05, 0) is 62.9 Å². The van der Waals surface area contributed by atoms with Gasteiger partial charge in [-0.25, -0.2) is 9.97 Å². The van der Waals surface area contributed by atoms with E-state index >= 15 is 0 Å². The molecule has 0 saturated heterocycles. The number of hydrogen-bond donors (Lipinski definition) is 0. The third-order valence-electron chi connectivity index (χ3n) is 5.26. The summed E-state index contributed by atoms with van der Waals surface area (Å²) in [5.41, 5.74) is 2.61. The molecule has 0 bridgehead atoms. The average Bonchev–Trinajstić information content (AvgIpc) is 2.98. The normalized spacial score (nSPS) is 11.8. The van der Waals surface area contributed by atoms with E-state index in [0.717, 1.165) is 16.6 Å². The van der Waals surface area contributed by atoms with Crippen molar-refractivity contribution in [1.29, 1.82) is 0 Å². The van der Waals surface area contributed by atoms with Gasteiger partial charge in [0.2, 0.25) is 0 Å². The maximum atomic E-state index is 13.1. The topological polar surface area (TPSA) is 90.2 Å². The molecule has 0 radical (unpaired) electrons. The highest BCUT2D eigenvalue weighted by molar-refractivity contribution is 6.32. The molecule has 10 heteroatoms. The Labute approximate surface area is 215 Å². The molecule has 0 amide bonds. The monoisotopic (exact) mass is 519 g/mol. The van der Waals surface area contributed by atoms with Gasteiger partial charge in [-0.15, -0.1) is 0 Å². The van der Waals surface area contributed by atoms with E-state index in [1.807, 2.05) is 20.0 Å². The number of hydrogen-bond acceptors (Lipinski definition) is 7. The SMILES string of the molecule is Cc1nn(C)c2nc(N(CC(=O)Cc3cc(Cl)nc(Cl)c3)CC(=O)OC(C)(C)C)cc(C(C)C)c12. The van der Waals surface area contributed by atoms with Gasteiger partial charge in [0.25, 0.3) is 0 Å². The van der Waals surface area contributed by atoms with Crippen LogP contribution in [0.25, 0.3) is 11.0 Å². The van der Waals surface area contributed by atoms with Crippen LogP contribution in [-0.2, 0) is 27.8 Å². The van der Waals surface area contributed by atoms with Crippen LogP contribution in [0, 0.1) is 6.92 Å². The van der Waals surface area contributed by atoms with Crippen molar-refractivity contribution in [2.45, 2.75) is 59.5 Å². The molecule has 0 aliphatic carbocycles. The summed E-state index contributed by atoms with van der Waals surface area (Å²) in [6.45, 7) is 11.3. The van der Waals surface area contributed by atoms with Gasteiger partial charge in [-0.1, -0.05) is 37.0 Å². The van der Waals surface area contributed by atoms with Gasteiger partial charge < -0.3 is 9.64 Å². The Balaban J connectivity index is 1.99. The highest BCUT2D eigenvalue weighted by Gasteiger charge is 2.24. The number of aryl methyl sites for hydroxylation is 2. The Morgan fingerprint density at radius 3 is 2.29 bits per heavy atom. The van der Waals surface area contributed by atoms with Crippen molar-refractivity contribution in [3.63, 3.8) is 0 Å². The molecule has 0 aliphatic heterocycles. The molecule has 0 aromatic carbocycles. The smallest absolute Gasteiger partial charge is 0.326 e. The molecule has 0 spiro atoms. The van der Waals surface area contributed by atoms with Crippen molar-refractivity contribution in [1.82, 2.24) is 19.7 Å². The van der Waals surface area contributed by atoms with Crippen LogP contribution >= 0.6 is 23.2 Å². The first-order chi connectivity index (χ1) is 16.2. The number of Topliss-reactive ketones (excluding diaryl/α,β-unsaturated/α-hetero) is 1. The first-order valence-electron chi connectivity index (χ1n) is 11.4. The summed E-state index contributed by atoms with van der Waals surface area (Å²) in [6, 6.07) is 5.13. The van der Waals surface area contributed by atoms with Crippen LogP contribution in [0.5, 0.6) is 0 Å². The molecule has 8 nitrogen and oxygen atoms in total. The minimum atomic E-state index is -0.656. The van der Waals surface area contributed by atoms with Crippen molar-refractivity contribution < 1.29 is 14.3 Å². The van der Waals surface area contributed by atoms with E-state index in [2.05, 4.69) is 23.9 Å². The van der Waals surface area contributed by atoms with E-state index in [1.165, 1.54) is 0 Å². The van der Waals surface area contributed by atoms with Crippen molar-refractivity contribution in [2.75, 3.05) is 18.0 Å². The molecular formula is C25H31Cl2N5O3. The van der Waals surface area contributed by atoms with Gasteiger partial charge in [0.15, 0.2) is 11.4 Å². The zero-order chi connectivity index (χ0) is 26.1. The van der Waals surface area contributed by atoms with Gasteiger partial charge in [0.1, 0.15) is 28.3 Å². The van der Waals surface area contributed by atoms with E-state index < -0.39 is 11.6 Å². The number of rotatable bonds is 8. The van der Waals surface area contributed by atoms with Crippen LogP contribution in [0.2, 0.25) is 10.3 Å². The Kier molecular flexibility index (Phi) is 8.07. The first kappa shape index (κ1) is 26.9. The predicted octanol–water partition coefficient (Wildman–Crippen LogP) is 5.06. The molecule has 0 unspecified atom stereocenters. The molecule has 0 N–H and O–H groups in total. The molecule has 3 heterocycles. The molecule has 0 atom stereocenters. The largest absolute Gasteiger partial charge is 0.459 e. The Hall–Kier alpha value is -2.71. The van der Waals surface area contributed by atoms with E-state index in [1.54, 1.807) is 42.5 Å². The standard InChI is InChI=1S/C25H31Cl2N5O3/c1-14(2)18-11-21(29-24-23(18)15(3)30-31(24)7)32(13-22(34)35-25(4,5)6)12-17(33)8-16-9-19(26)28-20(27)10-16/h9-11,14H,8,12-13H2,1-7H3. The van der Waals surface area contributed by atoms with Gasteiger partial charge in [-0.2, -0.15) is 5.10 Å². The number of carbonyl (C=O) groups is 2. The number of ether oxygens (including phenoxy) is 1. The van der Waals surface area contributed by atoms with Crippen molar-refractivity contribution in [3.8, 4) is 0 Å². The second-order valence-corrected chi connectivity index (χ2v) is 10.7. The number of halogens is 2. The van der Waals surface area contributed by atoms with Gasteiger partial charge in [0, 0.05) is 18.9 Å². The fourth-order valence-electron chi connectivity index (χ4n) is 3.94. The zero-order valence-electron chi connectivity index (χ0n) is 21.1. The molecule has 0 saturated carbocycles. The molecule has 0 fully saturated rings. The minimum absolute atomic E-state index is 0.0519. The summed E-state index contributed by atoms with van der Waals surface area (Å²) in [7, 11) is 1.83. The molecule has 3 aromatic heterocycles. The van der Waals surface area contributed by atoms with Crippen LogP contribution in [0.4, 0.5) is 5.82 Å². The fraction of sp³-hybridized carbons (Fsp3) is 0.480. The third-order valence-corrected chi connectivity index (χ3v) is 5.65. The zero-order valence-corrected chi connectivity index (χ0v) is 22.7. The molecule has 188 valence electrons. The Bertz CT molecular complexity index is 1240. The van der Waals surface area contributed by atoms with Crippen LogP contribution in [0.3, 0.4) is 0 Å². The highest BCUT2D eigenvalue weighted by atomic mass is 35.5. The number of fused-ring (bicyclic) bond motifs is 1. The summed E-state index contributed by atoms with van der Waals surface area (Å²) in [6.07, 6.45) is 0.0802. The molecular weight excluding hydrogens is 489 g/mol. The Morgan fingerprint density at radius 1 is 1.09 bits per heavy atom. The lowest BCUT2D eigenvalue weighted by Gasteiger charge is -2.26. The summed E-state index contributed by atoms with van der Waals surface area (Å²) in [5, 5.41) is 5.93. The van der Waals surface area contributed by atoms with Gasteiger partial charge >= 0.3 is 5.97 Å². The van der Waals surface area contributed by atoms with E-state index in [0.29, 0.717) is 17.0 Å². The number of carbonyl (C=O) groups excluding carboxylic acids is 2. The fourth-order valence-corrected chi connectivity index (χ4v) is 4.45. The second-order valence-electron chi connectivity index (χ2n) is 9.91. The second kappa shape index (κ2) is 10.5. The van der Waals surface area contributed by atoms with Crippen LogP contribution in [0.1, 0.15) is 57.4 Å². The molecule has 3 rings (SSSR count). The Morgan fingerprint density at radius 2 is 1.71 bits per heavy atom. The lowest BCUT2D eigenvalue weighted by atomic mass is 9.99. The molecule has 3 aromatic rings. The summed E-state index contributed by atoms with van der Waals surface area (Å²) in [5.74, 6) is 0.104. The summed E-state index contributed by atoms with van der Waals surface area (Å²) < 4.78 is 7.25. The third kappa shape index (κ3) is 6.92. The maximum absolute atomic E-state index is 13.1. The van der Waals surface area contributed by atoms with E-state index in [9.17, 15) is 9.59 Å². The van der Waals surface area contributed by atoms with Crippen molar-refractivity contribution >= 4 is 51.8 Å². The average molecular weight is 520 g/mol. The lowest BCUT2D eigenvalue weighted by Crippen LogP contribution is -2.39. The van der Waals surface area contributed by atoms with Gasteiger partial charge in [-0.3, -0.25) is 14.3 Å². The lowest BCUT2D eigenvalue weighted by molar-refractivity contribution is -0.153. The number of nitrogens with zero attached hydrogens (tertiary/aromatic N) is 5. The van der Waals surface area contributed by atoms with Crippen LogP contribution < -0.4 is 4.90 Å². The minimum Gasteiger partial charge on any atom is -0.459 e. The number of aromatic nitrogens is 4. The van der Waals surface area contributed by atoms with Gasteiger partial charge in [0.05, 0.1) is 12.2 Å². The number of anilines is 1. The molecule has 35 heavy (non-hydrogen) atoms. The summed E-state index contributed by atoms with van der Waals surface area (Å²) in [4.78, 5) is 36.2. The first-order valence-corrected chi connectivity index (χ1v) is 12.1. The predicted molar refractivity (Wildman–Crippen MR) is 138 cm³/mol. The van der Waals surface area contributed by atoms with Crippen LogP contribution in [-0.4, -0.2) is 50.2 Å². The summed E-state index contributed by atoms with van der Waals surface area (Å²) >= 11 is 12.0. The van der Waals surface area contributed by atoms with E-state index in [4.69, 9.17) is 32.9 Å². The highest BCUT2D eigenvalue weighted by Crippen LogP contribution is 2.30. The molecule has 0 aliphatic rings. The quantitative estimate of drug-likeness (QED) is 0.303.